The first kappa shape index (κ1) is 18.7. The molecule has 0 unspecified atom stereocenters. The van der Waals surface area contributed by atoms with E-state index in [0.717, 1.165) is 45.6 Å². The van der Waals surface area contributed by atoms with Crippen molar-refractivity contribution < 1.29 is 14.0 Å². The number of carbonyl (C=O) groups is 2. The molecule has 2 aliphatic heterocycles. The third kappa shape index (κ3) is 4.25. The quantitative estimate of drug-likeness (QED) is 0.807. The van der Waals surface area contributed by atoms with Gasteiger partial charge in [0.25, 0.3) is 5.91 Å². The molecule has 2 fully saturated rings. The summed E-state index contributed by atoms with van der Waals surface area (Å²) in [6, 6.07) is 7.45. The standard InChI is InChI=1S/C21H26N4O3/c26-20(18-5-8-24(9-6-18)21(27)19-4-2-14-28-19)25-12-10-23(11-13-25)16-17-3-1-7-22-15-17/h1-4,7,14-15,18H,5-6,8-13,16H2. The van der Waals surface area contributed by atoms with E-state index in [1.165, 1.54) is 11.8 Å². The number of amides is 2. The van der Waals surface area contributed by atoms with Gasteiger partial charge in [0.1, 0.15) is 0 Å². The average Bonchev–Trinajstić information content (AvgIpc) is 3.29. The molecule has 0 bridgehead atoms. The zero-order valence-corrected chi connectivity index (χ0v) is 16.0. The highest BCUT2D eigenvalue weighted by Crippen LogP contribution is 2.22. The van der Waals surface area contributed by atoms with Crippen molar-refractivity contribution in [2.75, 3.05) is 39.3 Å². The van der Waals surface area contributed by atoms with Crippen molar-refractivity contribution in [2.24, 2.45) is 5.92 Å². The molecule has 2 aromatic rings. The largest absolute Gasteiger partial charge is 0.459 e. The first-order valence-electron chi connectivity index (χ1n) is 9.93. The molecule has 0 aliphatic carbocycles. The van der Waals surface area contributed by atoms with Gasteiger partial charge in [0.05, 0.1) is 6.26 Å². The Labute approximate surface area is 164 Å². The van der Waals surface area contributed by atoms with Gasteiger partial charge >= 0.3 is 0 Å². The summed E-state index contributed by atoms with van der Waals surface area (Å²) in [5.41, 5.74) is 1.20. The van der Waals surface area contributed by atoms with Crippen LogP contribution in [0.4, 0.5) is 0 Å². The number of carbonyl (C=O) groups excluding carboxylic acids is 2. The summed E-state index contributed by atoms with van der Waals surface area (Å²) in [5, 5.41) is 0. The van der Waals surface area contributed by atoms with Gasteiger partial charge in [0, 0.05) is 64.1 Å². The van der Waals surface area contributed by atoms with E-state index in [1.807, 2.05) is 17.2 Å². The lowest BCUT2D eigenvalue weighted by Gasteiger charge is -2.38. The van der Waals surface area contributed by atoms with Crippen molar-refractivity contribution >= 4 is 11.8 Å². The number of pyridine rings is 1. The molecular formula is C21H26N4O3. The van der Waals surface area contributed by atoms with E-state index in [4.69, 9.17) is 4.42 Å². The van der Waals surface area contributed by atoms with Crippen LogP contribution in [0.25, 0.3) is 0 Å². The molecule has 0 aromatic carbocycles. The topological polar surface area (TPSA) is 69.9 Å². The van der Waals surface area contributed by atoms with Crippen LogP contribution in [0, 0.1) is 5.92 Å². The van der Waals surface area contributed by atoms with E-state index < -0.39 is 0 Å². The van der Waals surface area contributed by atoms with Gasteiger partial charge in [-0.3, -0.25) is 19.5 Å². The second-order valence-corrected chi connectivity index (χ2v) is 7.51. The van der Waals surface area contributed by atoms with Crippen molar-refractivity contribution in [3.05, 3.63) is 54.2 Å². The SMILES string of the molecule is O=C(c1ccco1)N1CCC(C(=O)N2CCN(Cc3cccnc3)CC2)CC1. The van der Waals surface area contributed by atoms with Gasteiger partial charge in [-0.2, -0.15) is 0 Å². The summed E-state index contributed by atoms with van der Waals surface area (Å²) in [6.07, 6.45) is 6.64. The zero-order chi connectivity index (χ0) is 19.3. The maximum atomic E-state index is 12.9. The summed E-state index contributed by atoms with van der Waals surface area (Å²) < 4.78 is 5.20. The van der Waals surface area contributed by atoms with Crippen LogP contribution >= 0.6 is 0 Å². The van der Waals surface area contributed by atoms with Crippen LogP contribution in [0.2, 0.25) is 0 Å². The number of piperidine rings is 1. The van der Waals surface area contributed by atoms with E-state index in [0.29, 0.717) is 18.8 Å². The first-order valence-corrected chi connectivity index (χ1v) is 9.93. The van der Waals surface area contributed by atoms with Gasteiger partial charge in [-0.1, -0.05) is 6.07 Å². The number of furan rings is 1. The summed E-state index contributed by atoms with van der Waals surface area (Å²) in [5.74, 6) is 0.547. The van der Waals surface area contributed by atoms with Crippen molar-refractivity contribution in [1.29, 1.82) is 0 Å². The highest BCUT2D eigenvalue weighted by Gasteiger charge is 2.32. The van der Waals surface area contributed by atoms with Gasteiger partial charge in [0.15, 0.2) is 5.76 Å². The van der Waals surface area contributed by atoms with Crippen LogP contribution in [-0.2, 0) is 11.3 Å². The molecule has 2 amide bonds. The van der Waals surface area contributed by atoms with Crippen molar-refractivity contribution in [1.82, 2.24) is 19.7 Å². The molecule has 4 rings (SSSR count). The van der Waals surface area contributed by atoms with Gasteiger partial charge in [-0.05, 0) is 36.6 Å². The average molecular weight is 382 g/mol. The minimum Gasteiger partial charge on any atom is -0.459 e. The molecule has 0 spiro atoms. The normalized spacial score (nSPS) is 19.0. The fourth-order valence-corrected chi connectivity index (χ4v) is 4.02. The van der Waals surface area contributed by atoms with Crippen LogP contribution < -0.4 is 0 Å². The van der Waals surface area contributed by atoms with Crippen LogP contribution in [-0.4, -0.2) is 70.8 Å². The predicted octanol–water partition coefficient (Wildman–Crippen LogP) is 1.87. The molecule has 148 valence electrons. The molecule has 4 heterocycles. The number of likely N-dealkylation sites (tertiary alicyclic amines) is 1. The molecule has 7 nitrogen and oxygen atoms in total. The van der Waals surface area contributed by atoms with Gasteiger partial charge < -0.3 is 14.2 Å². The summed E-state index contributed by atoms with van der Waals surface area (Å²) in [7, 11) is 0. The van der Waals surface area contributed by atoms with Gasteiger partial charge in [0.2, 0.25) is 5.91 Å². The number of nitrogens with zero attached hydrogens (tertiary/aromatic N) is 4. The van der Waals surface area contributed by atoms with Crippen molar-refractivity contribution in [3.63, 3.8) is 0 Å². The van der Waals surface area contributed by atoms with E-state index in [1.54, 1.807) is 23.2 Å². The molecule has 28 heavy (non-hydrogen) atoms. The van der Waals surface area contributed by atoms with Crippen LogP contribution in [0.15, 0.2) is 47.3 Å². The Morgan fingerprint density at radius 2 is 1.79 bits per heavy atom. The van der Waals surface area contributed by atoms with Crippen LogP contribution in [0.5, 0.6) is 0 Å². The lowest BCUT2D eigenvalue weighted by atomic mass is 9.94. The van der Waals surface area contributed by atoms with Crippen LogP contribution in [0.3, 0.4) is 0 Å². The Hall–Kier alpha value is -2.67. The minimum atomic E-state index is -0.0834. The maximum Gasteiger partial charge on any atom is 0.289 e. The lowest BCUT2D eigenvalue weighted by Crippen LogP contribution is -2.51. The third-order valence-electron chi connectivity index (χ3n) is 5.68. The molecule has 2 aliphatic rings. The highest BCUT2D eigenvalue weighted by molar-refractivity contribution is 5.91. The predicted molar refractivity (Wildman–Crippen MR) is 103 cm³/mol. The third-order valence-corrected chi connectivity index (χ3v) is 5.68. The molecular weight excluding hydrogens is 356 g/mol. The van der Waals surface area contributed by atoms with Gasteiger partial charge in [-0.15, -0.1) is 0 Å². The molecule has 2 saturated heterocycles. The maximum absolute atomic E-state index is 12.9. The molecule has 7 heteroatoms. The molecule has 0 N–H and O–H groups in total. The Morgan fingerprint density at radius 1 is 1.00 bits per heavy atom. The summed E-state index contributed by atoms with van der Waals surface area (Å²) in [4.78, 5) is 35.6. The number of hydrogen-bond donors (Lipinski definition) is 0. The smallest absolute Gasteiger partial charge is 0.289 e. The zero-order valence-electron chi connectivity index (χ0n) is 16.0. The molecule has 0 atom stereocenters. The Bertz CT molecular complexity index is 777. The minimum absolute atomic E-state index is 0.0190. The Balaban J connectivity index is 1.23. The number of aromatic nitrogens is 1. The van der Waals surface area contributed by atoms with Gasteiger partial charge in [-0.25, -0.2) is 0 Å². The second kappa shape index (κ2) is 8.56. The number of piperazine rings is 1. The number of hydrogen-bond acceptors (Lipinski definition) is 5. The Morgan fingerprint density at radius 3 is 2.43 bits per heavy atom. The van der Waals surface area contributed by atoms with Crippen molar-refractivity contribution in [2.45, 2.75) is 19.4 Å². The Kier molecular flexibility index (Phi) is 5.71. The molecule has 2 aromatic heterocycles. The fourth-order valence-electron chi connectivity index (χ4n) is 4.02. The number of rotatable bonds is 4. The monoisotopic (exact) mass is 382 g/mol. The molecule has 0 radical (unpaired) electrons. The summed E-state index contributed by atoms with van der Waals surface area (Å²) in [6.45, 7) is 5.40. The highest BCUT2D eigenvalue weighted by atomic mass is 16.3. The van der Waals surface area contributed by atoms with E-state index in [9.17, 15) is 9.59 Å². The van der Waals surface area contributed by atoms with Crippen molar-refractivity contribution in [3.8, 4) is 0 Å². The molecule has 0 saturated carbocycles. The van der Waals surface area contributed by atoms with E-state index in [-0.39, 0.29) is 17.7 Å². The lowest BCUT2D eigenvalue weighted by molar-refractivity contribution is -0.138. The van der Waals surface area contributed by atoms with Crippen LogP contribution in [0.1, 0.15) is 29.0 Å². The second-order valence-electron chi connectivity index (χ2n) is 7.51. The fraction of sp³-hybridized carbons (Fsp3) is 0.476. The first-order chi connectivity index (χ1) is 13.7. The van der Waals surface area contributed by atoms with E-state index >= 15 is 0 Å². The summed E-state index contributed by atoms with van der Waals surface area (Å²) >= 11 is 0. The van der Waals surface area contributed by atoms with E-state index in [2.05, 4.69) is 16.0 Å².